The van der Waals surface area contributed by atoms with Gasteiger partial charge in [0.1, 0.15) is 0 Å². The van der Waals surface area contributed by atoms with Gasteiger partial charge in [-0.25, -0.2) is 0 Å². The lowest BCUT2D eigenvalue weighted by Crippen LogP contribution is -2.19. The van der Waals surface area contributed by atoms with Crippen molar-refractivity contribution in [3.8, 4) is 0 Å². The smallest absolute Gasteiger partial charge is 0.0369 e. The Bertz CT molecular complexity index is 563. The molecule has 0 aromatic heterocycles. The van der Waals surface area contributed by atoms with Crippen molar-refractivity contribution in [1.29, 1.82) is 0 Å². The van der Waals surface area contributed by atoms with Crippen molar-refractivity contribution in [3.05, 3.63) is 69.2 Å². The van der Waals surface area contributed by atoms with E-state index in [2.05, 4.69) is 77.6 Å². The number of nitrogens with one attached hydrogen (secondary N) is 1. The molecule has 1 atom stereocenters. The lowest BCUT2D eigenvalue weighted by Gasteiger charge is -2.19. The van der Waals surface area contributed by atoms with Crippen molar-refractivity contribution in [2.75, 3.05) is 7.05 Å². The Morgan fingerprint density at radius 1 is 1.05 bits per heavy atom. The summed E-state index contributed by atoms with van der Waals surface area (Å²) >= 11 is 3.64. The summed E-state index contributed by atoms with van der Waals surface area (Å²) in [5, 5.41) is 3.41. The molecule has 2 aromatic carbocycles. The lowest BCUT2D eigenvalue weighted by molar-refractivity contribution is 0.589. The van der Waals surface area contributed by atoms with Crippen LogP contribution in [0.5, 0.6) is 0 Å². The summed E-state index contributed by atoms with van der Waals surface area (Å²) in [6.07, 6.45) is 1.00. The van der Waals surface area contributed by atoms with E-state index in [0.29, 0.717) is 6.04 Å². The second-order valence-corrected chi connectivity index (χ2v) is 5.84. The third kappa shape index (κ3) is 3.46. The molecule has 2 aromatic rings. The predicted octanol–water partition coefficient (Wildman–Crippen LogP) is 4.57. The van der Waals surface area contributed by atoms with Crippen LogP contribution in [0.15, 0.2) is 46.9 Å². The van der Waals surface area contributed by atoms with E-state index < -0.39 is 0 Å². The molecule has 0 amide bonds. The van der Waals surface area contributed by atoms with Crippen molar-refractivity contribution < 1.29 is 0 Å². The van der Waals surface area contributed by atoms with Crippen LogP contribution in [0.3, 0.4) is 0 Å². The molecule has 0 spiro atoms. The highest BCUT2D eigenvalue weighted by Gasteiger charge is 2.13. The molecule has 1 N–H and O–H groups in total. The second kappa shape index (κ2) is 6.36. The molecule has 19 heavy (non-hydrogen) atoms. The van der Waals surface area contributed by atoms with Gasteiger partial charge in [-0.2, -0.15) is 0 Å². The second-order valence-electron chi connectivity index (χ2n) is 4.99. The largest absolute Gasteiger partial charge is 0.313 e. The number of likely N-dealkylation sites (N-methyl/N-ethyl adjacent to an activating group) is 1. The first-order valence-corrected chi connectivity index (χ1v) is 7.39. The number of rotatable bonds is 4. The third-order valence-electron chi connectivity index (χ3n) is 3.64. The van der Waals surface area contributed by atoms with Crippen molar-refractivity contribution >= 4 is 15.9 Å². The van der Waals surface area contributed by atoms with Crippen LogP contribution in [-0.4, -0.2) is 7.05 Å². The van der Waals surface area contributed by atoms with Crippen LogP contribution in [-0.2, 0) is 6.42 Å². The van der Waals surface area contributed by atoms with Gasteiger partial charge in [-0.3, -0.25) is 0 Å². The van der Waals surface area contributed by atoms with E-state index in [0.717, 1.165) is 10.9 Å². The summed E-state index contributed by atoms with van der Waals surface area (Å²) < 4.78 is 1.16. The number of benzene rings is 2. The van der Waals surface area contributed by atoms with Crippen molar-refractivity contribution in [1.82, 2.24) is 5.32 Å². The van der Waals surface area contributed by atoms with Crippen molar-refractivity contribution in [2.24, 2.45) is 0 Å². The van der Waals surface area contributed by atoms with Crippen LogP contribution in [0.2, 0.25) is 0 Å². The maximum absolute atomic E-state index is 3.64. The Balaban J connectivity index is 2.24. The summed E-state index contributed by atoms with van der Waals surface area (Å²) in [7, 11) is 2.02. The zero-order chi connectivity index (χ0) is 13.8. The van der Waals surface area contributed by atoms with E-state index in [9.17, 15) is 0 Å². The summed E-state index contributed by atoms with van der Waals surface area (Å²) in [5.74, 6) is 0. The first kappa shape index (κ1) is 14.3. The molecule has 0 saturated heterocycles. The maximum Gasteiger partial charge on any atom is 0.0369 e. The summed E-state index contributed by atoms with van der Waals surface area (Å²) in [6.45, 7) is 4.33. The van der Waals surface area contributed by atoms with E-state index in [1.165, 1.54) is 22.3 Å². The fraction of sp³-hybridized carbons (Fsp3) is 0.294. The molecule has 0 aliphatic heterocycles. The van der Waals surface area contributed by atoms with E-state index in [4.69, 9.17) is 0 Å². The van der Waals surface area contributed by atoms with E-state index >= 15 is 0 Å². The molecular formula is C17H20BrN. The Labute approximate surface area is 124 Å². The van der Waals surface area contributed by atoms with Gasteiger partial charge in [0.15, 0.2) is 0 Å². The lowest BCUT2D eigenvalue weighted by atomic mass is 9.97. The van der Waals surface area contributed by atoms with E-state index in [1.54, 1.807) is 0 Å². The number of hydrogen-bond donors (Lipinski definition) is 1. The van der Waals surface area contributed by atoms with E-state index in [-0.39, 0.29) is 0 Å². The molecule has 0 saturated carbocycles. The minimum atomic E-state index is 0.331. The van der Waals surface area contributed by atoms with Gasteiger partial charge < -0.3 is 5.32 Å². The molecule has 0 bridgehead atoms. The molecule has 2 heteroatoms. The first-order valence-electron chi connectivity index (χ1n) is 6.59. The van der Waals surface area contributed by atoms with Gasteiger partial charge in [-0.15, -0.1) is 0 Å². The Kier molecular flexibility index (Phi) is 4.78. The fourth-order valence-electron chi connectivity index (χ4n) is 2.29. The highest BCUT2D eigenvalue weighted by molar-refractivity contribution is 9.10. The average Bonchev–Trinajstić information content (AvgIpc) is 2.41. The van der Waals surface area contributed by atoms with Crippen LogP contribution in [0.25, 0.3) is 0 Å². The third-order valence-corrected chi connectivity index (χ3v) is 4.36. The van der Waals surface area contributed by atoms with Crippen LogP contribution in [0.1, 0.15) is 28.3 Å². The maximum atomic E-state index is 3.64. The van der Waals surface area contributed by atoms with Gasteiger partial charge in [0.2, 0.25) is 0 Å². The minimum Gasteiger partial charge on any atom is -0.313 e. The molecular weight excluding hydrogens is 298 g/mol. The van der Waals surface area contributed by atoms with E-state index in [1.807, 2.05) is 7.05 Å². The SMILES string of the molecule is CNC(Cc1ccc(C)c(C)c1)c1ccccc1Br. The van der Waals surface area contributed by atoms with Gasteiger partial charge in [0.25, 0.3) is 0 Å². The molecule has 2 rings (SSSR count). The van der Waals surface area contributed by atoms with Crippen LogP contribution in [0, 0.1) is 13.8 Å². The highest BCUT2D eigenvalue weighted by atomic mass is 79.9. The van der Waals surface area contributed by atoms with Crippen LogP contribution in [0.4, 0.5) is 0 Å². The van der Waals surface area contributed by atoms with Crippen molar-refractivity contribution in [2.45, 2.75) is 26.3 Å². The Morgan fingerprint density at radius 2 is 1.79 bits per heavy atom. The Hall–Kier alpha value is -1.12. The monoisotopic (exact) mass is 317 g/mol. The predicted molar refractivity (Wildman–Crippen MR) is 85.6 cm³/mol. The van der Waals surface area contributed by atoms with Crippen molar-refractivity contribution in [3.63, 3.8) is 0 Å². The van der Waals surface area contributed by atoms with Gasteiger partial charge in [-0.05, 0) is 55.6 Å². The first-order chi connectivity index (χ1) is 9.11. The number of halogens is 1. The summed E-state index contributed by atoms with van der Waals surface area (Å²) in [6, 6.07) is 15.5. The topological polar surface area (TPSA) is 12.0 Å². The molecule has 1 nitrogen and oxygen atoms in total. The molecule has 0 fully saturated rings. The van der Waals surface area contributed by atoms with Crippen LogP contribution >= 0.6 is 15.9 Å². The zero-order valence-electron chi connectivity index (χ0n) is 11.7. The zero-order valence-corrected chi connectivity index (χ0v) is 13.3. The number of hydrogen-bond acceptors (Lipinski definition) is 1. The molecule has 100 valence electrons. The summed E-state index contributed by atoms with van der Waals surface area (Å²) in [4.78, 5) is 0. The van der Waals surface area contributed by atoms with Crippen LogP contribution < -0.4 is 5.32 Å². The minimum absolute atomic E-state index is 0.331. The molecule has 0 radical (unpaired) electrons. The molecule has 1 unspecified atom stereocenters. The van der Waals surface area contributed by atoms with Gasteiger partial charge in [0.05, 0.1) is 0 Å². The molecule has 0 aliphatic carbocycles. The van der Waals surface area contributed by atoms with Gasteiger partial charge in [0, 0.05) is 10.5 Å². The highest BCUT2D eigenvalue weighted by Crippen LogP contribution is 2.26. The van der Waals surface area contributed by atoms with Gasteiger partial charge >= 0.3 is 0 Å². The summed E-state index contributed by atoms with van der Waals surface area (Å²) in [5.41, 5.74) is 5.39. The number of aryl methyl sites for hydroxylation is 2. The Morgan fingerprint density at radius 3 is 2.42 bits per heavy atom. The fourth-order valence-corrected chi connectivity index (χ4v) is 2.85. The standard InChI is InChI=1S/C17H20BrN/c1-12-8-9-14(10-13(12)2)11-17(19-3)15-6-4-5-7-16(15)18/h4-10,17,19H,11H2,1-3H3. The quantitative estimate of drug-likeness (QED) is 0.871. The average molecular weight is 318 g/mol. The van der Waals surface area contributed by atoms with Gasteiger partial charge in [-0.1, -0.05) is 52.3 Å². The normalized spacial score (nSPS) is 12.4. The molecule has 0 aliphatic rings. The molecule has 0 heterocycles.